The van der Waals surface area contributed by atoms with Crippen LogP contribution in [0.25, 0.3) is 6.08 Å². The van der Waals surface area contributed by atoms with Gasteiger partial charge in [-0.2, -0.15) is 5.26 Å². The maximum Gasteiger partial charge on any atom is 0.305 e. The Labute approximate surface area is 670 Å². The van der Waals surface area contributed by atoms with Crippen LogP contribution in [0.1, 0.15) is 144 Å². The van der Waals surface area contributed by atoms with Gasteiger partial charge in [-0.15, -0.1) is 0 Å². The van der Waals surface area contributed by atoms with Crippen LogP contribution in [-0.4, -0.2) is 180 Å². The predicted octanol–water partition coefficient (Wildman–Crippen LogP) is 8.75. The highest BCUT2D eigenvalue weighted by atomic mass is 16.5. The Morgan fingerprint density at radius 2 is 0.974 bits per heavy atom. The van der Waals surface area contributed by atoms with Gasteiger partial charge in [-0.25, -0.2) is 0 Å². The molecular weight excluding hydrogens is 1450 g/mol. The fourth-order valence-electron chi connectivity index (χ4n) is 11.1. The lowest BCUT2D eigenvalue weighted by Crippen LogP contribution is -2.37. The number of carbonyl (C=O) groups is 4. The number of methoxy groups -OCH3 is 1. The van der Waals surface area contributed by atoms with Gasteiger partial charge in [0.2, 0.25) is 5.91 Å². The molecule has 1 aliphatic rings. The summed E-state index contributed by atoms with van der Waals surface area (Å²) >= 11 is 0. The van der Waals surface area contributed by atoms with Crippen LogP contribution in [0.3, 0.4) is 0 Å². The third-order valence-electron chi connectivity index (χ3n) is 17.8. The number of carbonyl (C=O) groups excluding carboxylic acids is 4. The molecule has 0 spiro atoms. The zero-order valence-corrected chi connectivity index (χ0v) is 66.4. The van der Waals surface area contributed by atoms with Crippen molar-refractivity contribution in [2.24, 2.45) is 11.5 Å². The third kappa shape index (κ3) is 37.7. The lowest BCUT2D eigenvalue weighted by Gasteiger charge is -2.18. The molecule has 9 rings (SSSR count). The lowest BCUT2D eigenvalue weighted by molar-refractivity contribution is -0.140. The van der Waals surface area contributed by atoms with E-state index in [1.54, 1.807) is 60.7 Å². The maximum absolute atomic E-state index is 11.8. The molecule has 0 radical (unpaired) electrons. The zero-order chi connectivity index (χ0) is 83.2. The summed E-state index contributed by atoms with van der Waals surface area (Å²) in [5.41, 5.74) is 18.9. The van der Waals surface area contributed by atoms with Crippen molar-refractivity contribution in [3.63, 3.8) is 0 Å². The third-order valence-corrected chi connectivity index (χ3v) is 17.8. The molecule has 7 atom stereocenters. The highest BCUT2D eigenvalue weighted by molar-refractivity contribution is 5.96. The molecule has 0 aliphatic heterocycles. The number of para-hydroxylation sites is 1. The normalized spacial score (nSPS) is 13.0. The van der Waals surface area contributed by atoms with Crippen LogP contribution < -0.4 is 57.6 Å². The molecule has 25 heteroatoms. The average molecular weight is 1570 g/mol. The Morgan fingerprint density at radius 3 is 1.48 bits per heavy atom. The second-order valence-corrected chi connectivity index (χ2v) is 28.2. The number of primary amides is 2. The van der Waals surface area contributed by atoms with Crippen LogP contribution in [0.2, 0.25) is 0 Å². The number of allylic oxidation sites excluding steroid dienone is 1. The SMILES string of the molecule is CC(C)NCC(O)COc1cccc2c1C=CC2.CC(CCc1ccccc1)NCC(O)c1ccc(O)c(C(N)=O)c1.COC(=O)CCc1ccc(OCC(O)CNC(C)C)cc1.C[C@H](CCc1ccccc1)NC[C@H](O)c1ccc(O)c(C(N)=O)c1.N#Cc1ccccc1OCC(O)CNCCNC(=O)Cc1ccc(O)cc1. The molecule has 5 unspecified atom stereocenters. The van der Waals surface area contributed by atoms with Crippen molar-refractivity contribution < 1.29 is 79.0 Å². The van der Waals surface area contributed by atoms with E-state index in [0.717, 1.165) is 54.5 Å². The van der Waals surface area contributed by atoms with E-state index in [1.807, 2.05) is 92.7 Å². The molecule has 0 saturated heterocycles. The molecule has 18 N–H and O–H groups in total. The molecule has 3 amide bonds. The quantitative estimate of drug-likeness (QED) is 0.0126. The van der Waals surface area contributed by atoms with E-state index >= 15 is 0 Å². The Bertz CT molecular complexity index is 4070. The number of rotatable bonds is 41. The van der Waals surface area contributed by atoms with E-state index in [4.69, 9.17) is 30.9 Å². The fourth-order valence-corrected chi connectivity index (χ4v) is 11.1. The first kappa shape index (κ1) is 93.9. The number of phenols is 3. The number of aromatic hydroxyl groups is 3. The van der Waals surface area contributed by atoms with E-state index in [1.165, 1.54) is 48.1 Å². The first-order valence-electron chi connectivity index (χ1n) is 38.4. The van der Waals surface area contributed by atoms with Gasteiger partial charge < -0.3 is 103 Å². The fraction of sp³-hybridized carbons (Fsp3) is 0.382. The minimum Gasteiger partial charge on any atom is -0.508 e. The van der Waals surface area contributed by atoms with Crippen molar-refractivity contribution in [3.8, 4) is 40.6 Å². The largest absolute Gasteiger partial charge is 0.508 e. The van der Waals surface area contributed by atoms with Gasteiger partial charge in [0, 0.05) is 82.0 Å². The van der Waals surface area contributed by atoms with E-state index in [0.29, 0.717) is 106 Å². The number of aliphatic hydroxyl groups excluding tert-OH is 5. The van der Waals surface area contributed by atoms with Crippen molar-refractivity contribution in [2.45, 2.75) is 148 Å². The van der Waals surface area contributed by atoms with Gasteiger partial charge >= 0.3 is 5.97 Å². The summed E-state index contributed by atoms with van der Waals surface area (Å²) < 4.78 is 21.3. The molecule has 0 bridgehead atoms. The van der Waals surface area contributed by atoms with Gasteiger partial charge in [0.1, 0.15) is 78.7 Å². The number of ether oxygens (including phenoxy) is 4. The minimum absolute atomic E-state index is 0.0173. The van der Waals surface area contributed by atoms with E-state index in [-0.39, 0.29) is 72.0 Å². The molecule has 114 heavy (non-hydrogen) atoms. The summed E-state index contributed by atoms with van der Waals surface area (Å²) in [5.74, 6) is 0.0742. The highest BCUT2D eigenvalue weighted by Gasteiger charge is 2.19. The molecular formula is C89H117N9O16. The summed E-state index contributed by atoms with van der Waals surface area (Å²) in [7, 11) is 1.39. The zero-order valence-electron chi connectivity index (χ0n) is 66.4. The molecule has 614 valence electrons. The number of hydrogen-bond donors (Lipinski definition) is 16. The average Bonchev–Trinajstić information content (AvgIpc) is 1.57. The number of nitrogens with two attached hydrogens (primary N) is 2. The van der Waals surface area contributed by atoms with Crippen LogP contribution >= 0.6 is 0 Å². The van der Waals surface area contributed by atoms with Crippen molar-refractivity contribution >= 4 is 29.8 Å². The topological polar surface area (TPSA) is 415 Å². The van der Waals surface area contributed by atoms with Gasteiger partial charge in [0.05, 0.1) is 42.4 Å². The van der Waals surface area contributed by atoms with Crippen molar-refractivity contribution in [1.82, 2.24) is 31.9 Å². The number of phenolic OH excluding ortho intramolecular Hbond substituents is 1. The van der Waals surface area contributed by atoms with Crippen molar-refractivity contribution in [3.05, 3.63) is 255 Å². The molecule has 0 saturated carbocycles. The van der Waals surface area contributed by atoms with Crippen LogP contribution in [0.5, 0.6) is 34.5 Å². The van der Waals surface area contributed by atoms with Gasteiger partial charge in [-0.05, 0) is 158 Å². The Hall–Kier alpha value is -10.7. The van der Waals surface area contributed by atoms with E-state index in [9.17, 15) is 60.0 Å². The molecule has 8 aromatic rings. The Kier molecular flexibility index (Phi) is 43.3. The summed E-state index contributed by atoms with van der Waals surface area (Å²) in [6.07, 6.45) is 7.01. The smallest absolute Gasteiger partial charge is 0.305 e. The number of nitrogens with one attached hydrogen (secondary N) is 6. The molecule has 0 aromatic heterocycles. The van der Waals surface area contributed by atoms with Gasteiger partial charge in [-0.1, -0.05) is 161 Å². The summed E-state index contributed by atoms with van der Waals surface area (Å²) in [5, 5.41) is 106. The number of benzene rings is 8. The van der Waals surface area contributed by atoms with Gasteiger partial charge in [-0.3, -0.25) is 19.2 Å². The highest BCUT2D eigenvalue weighted by Crippen LogP contribution is 2.30. The molecule has 0 fully saturated rings. The molecule has 25 nitrogen and oxygen atoms in total. The summed E-state index contributed by atoms with van der Waals surface area (Å²) in [6.45, 7) is 16.0. The number of aryl methyl sites for hydroxylation is 3. The van der Waals surface area contributed by atoms with Gasteiger partial charge in [0.15, 0.2) is 0 Å². The predicted molar refractivity (Wildman–Crippen MR) is 443 cm³/mol. The van der Waals surface area contributed by atoms with Crippen LogP contribution in [0.15, 0.2) is 194 Å². The molecule has 1 aliphatic carbocycles. The van der Waals surface area contributed by atoms with E-state index in [2.05, 4.69) is 107 Å². The molecule has 0 heterocycles. The number of nitriles is 1. The van der Waals surface area contributed by atoms with Crippen LogP contribution in [-0.2, 0) is 46.4 Å². The van der Waals surface area contributed by atoms with E-state index < -0.39 is 42.3 Å². The number of esters is 1. The lowest BCUT2D eigenvalue weighted by atomic mass is 10.0. The Balaban J connectivity index is 0.000000256. The first-order valence-corrected chi connectivity index (χ1v) is 38.4. The monoisotopic (exact) mass is 1570 g/mol. The minimum atomic E-state index is -0.775. The summed E-state index contributed by atoms with van der Waals surface area (Å²) in [4.78, 5) is 45.4. The second-order valence-electron chi connectivity index (χ2n) is 28.2. The standard InChI is InChI=1S/C20H23N3O4.2C19H24N2O3.C16H25NO4.C15H21NO2/c21-12-16-3-1-2-4-19(16)27-14-18(25)13-22-9-10-23-20(26)11-15-5-7-17(24)8-6-15;2*1-13(7-8-14-5-3-2-4-6-14)21-12-18(23)15-9-10-17(22)16(11-15)19(20)24;1-12(2)17-10-14(18)11-21-15-7-4-13(5-8-15)6-9-16(19)20-3;1-11(2)16-9-13(17)10-18-15-8-4-6-12-5-3-7-14(12)15/h1-8,18,22,24-25H,9-11,13-14H2,(H,23,26);2*2-6,9-11,13,18,21-23H,7-8,12H2,1H3,(H2,20,24);4-5,7-8,12,14,17-18H,6,9-11H2,1-3H3;3-4,6-8,11,13,16-17H,5,9-10H2,1-2H3/t;13-,18+;;;/m.1.../s1. The van der Waals surface area contributed by atoms with Crippen molar-refractivity contribution in [1.29, 1.82) is 5.26 Å². The Morgan fingerprint density at radius 1 is 0.500 bits per heavy atom. The number of amides is 3. The number of hydrogen-bond acceptors (Lipinski definition) is 22. The number of nitrogens with zero attached hydrogens (tertiary/aromatic N) is 1. The summed E-state index contributed by atoms with van der Waals surface area (Å²) in [6, 6.07) is 59.4. The van der Waals surface area contributed by atoms with Crippen LogP contribution in [0.4, 0.5) is 0 Å². The maximum atomic E-state index is 11.8. The van der Waals surface area contributed by atoms with Crippen LogP contribution in [0, 0.1) is 11.3 Å². The van der Waals surface area contributed by atoms with Crippen molar-refractivity contribution in [2.75, 3.05) is 72.7 Å². The van der Waals surface area contributed by atoms with Gasteiger partial charge in [0.25, 0.3) is 11.8 Å². The first-order chi connectivity index (χ1) is 54.7. The number of fused-ring (bicyclic) bond motifs is 1. The number of aliphatic hydroxyl groups is 5. The molecule has 8 aromatic carbocycles. The second kappa shape index (κ2) is 52.6.